The van der Waals surface area contributed by atoms with Crippen LogP contribution in [0.1, 0.15) is 28.6 Å². The molecule has 1 aromatic heterocycles. The van der Waals surface area contributed by atoms with E-state index in [1.165, 1.54) is 17.5 Å². The van der Waals surface area contributed by atoms with Gasteiger partial charge in [-0.05, 0) is 39.3 Å². The zero-order chi connectivity index (χ0) is 18.9. The van der Waals surface area contributed by atoms with Crippen LogP contribution in [-0.2, 0) is 4.79 Å². The highest BCUT2D eigenvalue weighted by Crippen LogP contribution is 2.33. The summed E-state index contributed by atoms with van der Waals surface area (Å²) in [5.74, 6) is 0.904. The topological polar surface area (TPSA) is 61.8 Å². The smallest absolute Gasteiger partial charge is 0.270 e. The number of amidine groups is 1. The second-order valence-corrected chi connectivity index (χ2v) is 7.08. The molecule has 0 spiro atoms. The lowest BCUT2D eigenvalue weighted by Gasteiger charge is -2.30. The van der Waals surface area contributed by atoms with Crippen molar-refractivity contribution in [2.75, 3.05) is 14.1 Å². The van der Waals surface area contributed by atoms with E-state index in [1.54, 1.807) is 7.05 Å². The number of rotatable bonds is 1. The molecule has 2 aliphatic heterocycles. The first-order chi connectivity index (χ1) is 12.2. The Kier molecular flexibility index (Phi) is 3.34. The normalized spacial score (nSPS) is 19.0. The lowest BCUT2D eigenvalue weighted by Crippen LogP contribution is -2.62. The Morgan fingerprint density at radius 1 is 1.04 bits per heavy atom. The highest BCUT2D eigenvalue weighted by atomic mass is 16.2. The van der Waals surface area contributed by atoms with E-state index in [4.69, 9.17) is 4.99 Å². The number of likely N-dealkylation sites (N-methyl/N-ethyl adjacent to an activating group) is 2. The summed E-state index contributed by atoms with van der Waals surface area (Å²) < 4.78 is 4.01. The number of aliphatic imine (C=N–C) groups is 1. The van der Waals surface area contributed by atoms with Gasteiger partial charge in [-0.1, -0.05) is 22.7 Å². The summed E-state index contributed by atoms with van der Waals surface area (Å²) in [5, 5.41) is 0. The van der Waals surface area contributed by atoms with Crippen molar-refractivity contribution in [3.05, 3.63) is 40.7 Å². The minimum Gasteiger partial charge on any atom is -0.270 e. The fourth-order valence-electron chi connectivity index (χ4n) is 3.86. The maximum Gasteiger partial charge on any atom is 0.407 e. The van der Waals surface area contributed by atoms with E-state index in [1.807, 2.05) is 18.4 Å². The van der Waals surface area contributed by atoms with Crippen LogP contribution >= 0.6 is 0 Å². The van der Waals surface area contributed by atoms with Crippen molar-refractivity contribution in [3.63, 3.8) is 0 Å². The van der Waals surface area contributed by atoms with E-state index in [9.17, 15) is 9.59 Å². The Morgan fingerprint density at radius 2 is 1.73 bits per heavy atom. The van der Waals surface area contributed by atoms with Crippen molar-refractivity contribution >= 4 is 23.7 Å². The van der Waals surface area contributed by atoms with E-state index >= 15 is 0 Å². The molecule has 0 bridgehead atoms. The van der Waals surface area contributed by atoms with Crippen LogP contribution in [0.15, 0.2) is 23.2 Å². The molecule has 0 aliphatic carbocycles. The van der Waals surface area contributed by atoms with Gasteiger partial charge in [0.2, 0.25) is 11.9 Å². The molecular weight excluding hydrogens is 330 g/mol. The maximum absolute atomic E-state index is 12.8. The quantitative estimate of drug-likeness (QED) is 0.738. The average Bonchev–Trinajstić information content (AvgIpc) is 3.09. The number of hydrogen-bond donors (Lipinski definition) is 0. The number of amides is 3. The summed E-state index contributed by atoms with van der Waals surface area (Å²) in [5.41, 5.74) is 5.36. The van der Waals surface area contributed by atoms with Crippen LogP contribution in [0.5, 0.6) is 0 Å². The summed E-state index contributed by atoms with van der Waals surface area (Å²) in [6.07, 6.45) is 0. The van der Waals surface area contributed by atoms with Gasteiger partial charge in [0.1, 0.15) is 17.1 Å². The molecule has 1 atom stereocenters. The largest absolute Gasteiger partial charge is 0.407 e. The van der Waals surface area contributed by atoms with Gasteiger partial charge in [-0.3, -0.25) is 14.6 Å². The summed E-state index contributed by atoms with van der Waals surface area (Å²) in [4.78, 5) is 32.4. The summed E-state index contributed by atoms with van der Waals surface area (Å²) >= 11 is 0. The molecule has 0 radical (unpaired) electrons. The molecule has 134 valence electrons. The zero-order valence-corrected chi connectivity index (χ0v) is 15.9. The molecule has 2 aromatic rings. The number of aryl methyl sites for hydroxylation is 2. The van der Waals surface area contributed by atoms with Crippen molar-refractivity contribution in [1.82, 2.24) is 14.4 Å². The molecule has 0 saturated carbocycles. The fraction of sp³-hybridized carbons (Fsp3) is 0.368. The zero-order valence-electron chi connectivity index (χ0n) is 15.9. The first-order valence-electron chi connectivity index (χ1n) is 8.59. The van der Waals surface area contributed by atoms with Gasteiger partial charge in [0.05, 0.1) is 0 Å². The number of carbonyl (C=O) groups excluding carboxylic acids is 2. The Labute approximate surface area is 152 Å². The Morgan fingerprint density at radius 3 is 2.38 bits per heavy atom. The number of aromatic nitrogens is 2. The van der Waals surface area contributed by atoms with Crippen LogP contribution in [0.4, 0.5) is 10.7 Å². The molecule has 0 N–H and O–H groups in total. The summed E-state index contributed by atoms with van der Waals surface area (Å²) in [6.45, 7) is 8.15. The third-order valence-electron chi connectivity index (χ3n) is 5.43. The molecule has 26 heavy (non-hydrogen) atoms. The number of benzene rings is 1. The SMILES string of the molecule is Cc1ccc(-n2c(C)c(C)[n+]3c2N=C2C3C(=O)N(C)C(=O)N2C)c(C)c1. The number of carbonyl (C=O) groups is 2. The van der Waals surface area contributed by atoms with Crippen LogP contribution in [-0.4, -0.2) is 46.2 Å². The number of imidazole rings is 1. The van der Waals surface area contributed by atoms with Gasteiger partial charge in [0, 0.05) is 14.1 Å². The molecule has 7 nitrogen and oxygen atoms in total. The lowest BCUT2D eigenvalue weighted by molar-refractivity contribution is -0.682. The number of imide groups is 1. The Bertz CT molecular complexity index is 1020. The molecule has 1 fully saturated rings. The van der Waals surface area contributed by atoms with Gasteiger partial charge in [0.15, 0.2) is 0 Å². The van der Waals surface area contributed by atoms with Crippen LogP contribution in [0.3, 0.4) is 0 Å². The molecule has 1 unspecified atom stereocenters. The second kappa shape index (κ2) is 5.27. The third kappa shape index (κ3) is 1.94. The van der Waals surface area contributed by atoms with Gasteiger partial charge in [-0.15, -0.1) is 0 Å². The van der Waals surface area contributed by atoms with Gasteiger partial charge in [-0.25, -0.2) is 9.36 Å². The van der Waals surface area contributed by atoms with Gasteiger partial charge >= 0.3 is 12.0 Å². The molecule has 4 rings (SSSR count). The van der Waals surface area contributed by atoms with E-state index in [2.05, 4.69) is 36.6 Å². The van der Waals surface area contributed by atoms with Crippen molar-refractivity contribution in [2.24, 2.45) is 4.99 Å². The summed E-state index contributed by atoms with van der Waals surface area (Å²) in [6, 6.07) is 5.32. The maximum atomic E-state index is 12.8. The van der Waals surface area contributed by atoms with Crippen LogP contribution < -0.4 is 4.57 Å². The number of urea groups is 1. The highest BCUT2D eigenvalue weighted by molar-refractivity contribution is 6.18. The van der Waals surface area contributed by atoms with E-state index in [-0.39, 0.29) is 11.9 Å². The van der Waals surface area contributed by atoms with E-state index in [0.717, 1.165) is 27.5 Å². The Hall–Kier alpha value is -2.96. The van der Waals surface area contributed by atoms with Gasteiger partial charge in [-0.2, -0.15) is 4.57 Å². The molecule has 3 amide bonds. The monoisotopic (exact) mass is 352 g/mol. The molecule has 1 saturated heterocycles. The highest BCUT2D eigenvalue weighted by Gasteiger charge is 2.53. The second-order valence-electron chi connectivity index (χ2n) is 7.08. The molecule has 7 heteroatoms. The van der Waals surface area contributed by atoms with Gasteiger partial charge in [0.25, 0.3) is 5.91 Å². The van der Waals surface area contributed by atoms with Gasteiger partial charge < -0.3 is 0 Å². The van der Waals surface area contributed by atoms with E-state index in [0.29, 0.717) is 11.8 Å². The predicted octanol–water partition coefficient (Wildman–Crippen LogP) is 2.11. The summed E-state index contributed by atoms with van der Waals surface area (Å²) in [7, 11) is 3.17. The van der Waals surface area contributed by atoms with Crippen LogP contribution in [0, 0.1) is 27.7 Å². The minimum absolute atomic E-state index is 0.253. The van der Waals surface area contributed by atoms with Crippen LogP contribution in [0.25, 0.3) is 5.69 Å². The lowest BCUT2D eigenvalue weighted by atomic mass is 10.1. The third-order valence-corrected chi connectivity index (χ3v) is 5.43. The number of fused-ring (bicyclic) bond motifs is 3. The predicted molar refractivity (Wildman–Crippen MR) is 97.0 cm³/mol. The Balaban J connectivity index is 1.99. The van der Waals surface area contributed by atoms with Crippen molar-refractivity contribution < 1.29 is 14.2 Å². The van der Waals surface area contributed by atoms with Crippen molar-refractivity contribution in [3.8, 4) is 5.69 Å². The fourth-order valence-corrected chi connectivity index (χ4v) is 3.86. The molecule has 2 aliphatic rings. The standard InChI is InChI=1S/C19H22N5O2/c1-10-7-8-14(11(2)9-10)23-12(3)13(4)24-15-16(20-18(23)24)21(5)19(26)22(6)17(15)25/h7-9,15H,1-6H3/q+1. The molecular formula is C19H22N5O2+. The van der Waals surface area contributed by atoms with Crippen molar-refractivity contribution in [2.45, 2.75) is 33.7 Å². The van der Waals surface area contributed by atoms with E-state index < -0.39 is 6.04 Å². The minimum atomic E-state index is -0.594. The number of hydrogen-bond acceptors (Lipinski definition) is 3. The average molecular weight is 352 g/mol. The first kappa shape index (κ1) is 16.5. The molecule has 1 aromatic carbocycles. The van der Waals surface area contributed by atoms with Crippen LogP contribution in [0.2, 0.25) is 0 Å². The first-order valence-corrected chi connectivity index (χ1v) is 8.59. The molecule has 3 heterocycles. The number of nitrogens with zero attached hydrogens (tertiary/aromatic N) is 5. The van der Waals surface area contributed by atoms with Crippen molar-refractivity contribution in [1.29, 1.82) is 0 Å².